The zero-order chi connectivity index (χ0) is 19.1. The van der Waals surface area contributed by atoms with Crippen molar-refractivity contribution >= 4 is 35.1 Å². The van der Waals surface area contributed by atoms with Crippen molar-refractivity contribution in [3.8, 4) is 5.69 Å². The molecule has 0 unspecified atom stereocenters. The van der Waals surface area contributed by atoms with E-state index in [0.29, 0.717) is 22.1 Å². The summed E-state index contributed by atoms with van der Waals surface area (Å²) in [5.74, 6) is -0.843. The molecule has 0 spiro atoms. The summed E-state index contributed by atoms with van der Waals surface area (Å²) in [6, 6.07) is 10.4. The summed E-state index contributed by atoms with van der Waals surface area (Å²) in [4.78, 5) is 12.3. The zero-order valence-electron chi connectivity index (χ0n) is 14.2. The molecule has 0 fully saturated rings. The minimum atomic E-state index is -0.654. The molecule has 0 aliphatic carbocycles. The average Bonchev–Trinajstić information content (AvgIpc) is 2.81. The number of fused-ring (bicyclic) bond motifs is 1. The minimum absolute atomic E-state index is 0.164. The molecule has 1 aliphatic rings. The fraction of sp³-hybridized carbons (Fsp3) is 0.158. The second-order valence-corrected chi connectivity index (χ2v) is 7.71. The number of thioether (sulfide) groups is 1. The number of amides is 1. The molecule has 0 saturated heterocycles. The van der Waals surface area contributed by atoms with Crippen molar-refractivity contribution in [2.45, 2.75) is 12.2 Å². The smallest absolute Gasteiger partial charge is 0.235 e. The second-order valence-electron chi connectivity index (χ2n) is 6.18. The number of hydrogen-bond acceptors (Lipinski definition) is 3. The van der Waals surface area contributed by atoms with Crippen LogP contribution in [0.1, 0.15) is 22.1 Å². The largest absolute Gasteiger partial charge is 0.310 e. The van der Waals surface area contributed by atoms with Gasteiger partial charge in [-0.15, -0.1) is 11.8 Å². The molecule has 1 N–H and O–H groups in total. The fourth-order valence-electron chi connectivity index (χ4n) is 3.14. The number of hydrogen-bond donors (Lipinski definition) is 1. The van der Waals surface area contributed by atoms with Crippen LogP contribution in [0.2, 0.25) is 5.02 Å². The predicted octanol–water partition coefficient (Wildman–Crippen LogP) is 4.89. The third-order valence-corrected chi connectivity index (χ3v) is 5.79. The first-order valence-corrected chi connectivity index (χ1v) is 9.58. The van der Waals surface area contributed by atoms with Crippen molar-refractivity contribution in [3.05, 3.63) is 75.9 Å². The van der Waals surface area contributed by atoms with E-state index in [1.54, 1.807) is 28.9 Å². The van der Waals surface area contributed by atoms with Crippen LogP contribution in [0.15, 0.2) is 42.5 Å². The van der Waals surface area contributed by atoms with Crippen molar-refractivity contribution in [2.24, 2.45) is 0 Å². The highest BCUT2D eigenvalue weighted by Gasteiger charge is 2.31. The Labute approximate surface area is 163 Å². The highest BCUT2D eigenvalue weighted by Crippen LogP contribution is 2.44. The lowest BCUT2D eigenvalue weighted by Gasteiger charge is -2.15. The zero-order valence-corrected chi connectivity index (χ0v) is 15.7. The van der Waals surface area contributed by atoms with Crippen molar-refractivity contribution in [1.29, 1.82) is 0 Å². The van der Waals surface area contributed by atoms with Crippen molar-refractivity contribution in [2.75, 3.05) is 11.1 Å². The van der Waals surface area contributed by atoms with E-state index in [0.717, 1.165) is 17.3 Å². The Morgan fingerprint density at radius 3 is 2.52 bits per heavy atom. The van der Waals surface area contributed by atoms with Crippen LogP contribution in [0.5, 0.6) is 0 Å². The monoisotopic (exact) mass is 405 g/mol. The van der Waals surface area contributed by atoms with Gasteiger partial charge in [0.25, 0.3) is 0 Å². The summed E-state index contributed by atoms with van der Waals surface area (Å²) < 4.78 is 29.2. The summed E-state index contributed by atoms with van der Waals surface area (Å²) in [7, 11) is 0. The molecule has 1 atom stereocenters. The third-order valence-electron chi connectivity index (χ3n) is 4.27. The first kappa shape index (κ1) is 18.0. The summed E-state index contributed by atoms with van der Waals surface area (Å²) in [6.45, 7) is 1.81. The van der Waals surface area contributed by atoms with E-state index in [2.05, 4.69) is 10.4 Å². The van der Waals surface area contributed by atoms with Crippen LogP contribution in [0.4, 0.5) is 14.6 Å². The Hall–Kier alpha value is -2.38. The first-order chi connectivity index (χ1) is 12.9. The quantitative estimate of drug-likeness (QED) is 0.660. The van der Waals surface area contributed by atoms with Crippen LogP contribution in [0, 0.1) is 18.6 Å². The molecular formula is C19H14ClF2N3OS. The van der Waals surface area contributed by atoms with Crippen molar-refractivity contribution in [3.63, 3.8) is 0 Å². The van der Waals surface area contributed by atoms with Gasteiger partial charge in [-0.1, -0.05) is 11.6 Å². The van der Waals surface area contributed by atoms with Crippen molar-refractivity contribution in [1.82, 2.24) is 9.78 Å². The molecule has 138 valence electrons. The standard InChI is InChI=1S/C19H14ClF2N3OS/c1-10-17-18(11-6-13(21)8-14(22)7-11)27-9-16(26)23-19(17)25(24-10)15-4-2-12(20)3-5-15/h2-8,18H,9H2,1H3,(H,23,26)/t18-/m1/s1. The van der Waals surface area contributed by atoms with Gasteiger partial charge >= 0.3 is 0 Å². The highest BCUT2D eigenvalue weighted by atomic mass is 35.5. The molecule has 4 nitrogen and oxygen atoms in total. The normalized spacial score (nSPS) is 16.6. The van der Waals surface area contributed by atoms with Crippen LogP contribution in [0.25, 0.3) is 5.69 Å². The number of benzene rings is 2. The van der Waals surface area contributed by atoms with Crippen LogP contribution >= 0.6 is 23.4 Å². The topological polar surface area (TPSA) is 46.9 Å². The number of rotatable bonds is 2. The number of halogens is 3. The van der Waals surface area contributed by atoms with E-state index < -0.39 is 16.9 Å². The van der Waals surface area contributed by atoms with E-state index in [4.69, 9.17) is 11.6 Å². The molecule has 2 heterocycles. The van der Waals surface area contributed by atoms with Gasteiger partial charge < -0.3 is 5.32 Å². The summed E-state index contributed by atoms with van der Waals surface area (Å²) in [5, 5.41) is 7.58. The molecule has 0 radical (unpaired) electrons. The fourth-order valence-corrected chi connectivity index (χ4v) is 4.44. The van der Waals surface area contributed by atoms with Crippen molar-refractivity contribution < 1.29 is 13.6 Å². The lowest BCUT2D eigenvalue weighted by Crippen LogP contribution is -2.15. The lowest BCUT2D eigenvalue weighted by atomic mass is 10.0. The van der Waals surface area contributed by atoms with Gasteiger partial charge in [0.15, 0.2) is 0 Å². The van der Waals surface area contributed by atoms with Crippen LogP contribution in [0.3, 0.4) is 0 Å². The Morgan fingerprint density at radius 1 is 1.19 bits per heavy atom. The van der Waals surface area contributed by atoms with E-state index in [-0.39, 0.29) is 11.7 Å². The number of nitrogens with one attached hydrogen (secondary N) is 1. The van der Waals surface area contributed by atoms with Crippen LogP contribution in [-0.4, -0.2) is 21.4 Å². The minimum Gasteiger partial charge on any atom is -0.310 e. The van der Waals surface area contributed by atoms with E-state index in [1.165, 1.54) is 23.9 Å². The Morgan fingerprint density at radius 2 is 1.85 bits per heavy atom. The molecule has 8 heteroatoms. The van der Waals surface area contributed by atoms with E-state index in [1.807, 2.05) is 6.92 Å². The number of carbonyl (C=O) groups is 1. The maximum atomic E-state index is 13.8. The predicted molar refractivity (Wildman–Crippen MR) is 103 cm³/mol. The van der Waals surface area contributed by atoms with Crippen LogP contribution in [-0.2, 0) is 4.79 Å². The third kappa shape index (κ3) is 3.44. The molecular weight excluding hydrogens is 392 g/mol. The second kappa shape index (κ2) is 6.98. The maximum absolute atomic E-state index is 13.8. The number of nitrogens with zero attached hydrogens (tertiary/aromatic N) is 2. The molecule has 1 aromatic heterocycles. The Bertz CT molecular complexity index is 1020. The molecule has 1 aliphatic heterocycles. The molecule has 1 amide bonds. The lowest BCUT2D eigenvalue weighted by molar-refractivity contribution is -0.113. The van der Waals surface area contributed by atoms with Gasteiger partial charge in [0.1, 0.15) is 17.5 Å². The Kier molecular flexibility index (Phi) is 4.65. The van der Waals surface area contributed by atoms with Gasteiger partial charge in [-0.3, -0.25) is 4.79 Å². The van der Waals surface area contributed by atoms with E-state index in [9.17, 15) is 13.6 Å². The van der Waals surface area contributed by atoms with E-state index >= 15 is 0 Å². The molecule has 4 rings (SSSR count). The maximum Gasteiger partial charge on any atom is 0.235 e. The highest BCUT2D eigenvalue weighted by molar-refractivity contribution is 8.00. The number of aryl methyl sites for hydroxylation is 1. The average molecular weight is 406 g/mol. The van der Waals surface area contributed by atoms with Gasteiger partial charge in [-0.05, 0) is 48.9 Å². The van der Waals surface area contributed by atoms with Gasteiger partial charge in [-0.2, -0.15) is 5.10 Å². The summed E-state index contributed by atoms with van der Waals surface area (Å²) >= 11 is 7.27. The molecule has 3 aromatic rings. The molecule has 0 saturated carbocycles. The van der Waals surface area contributed by atoms with Gasteiger partial charge in [0.05, 0.1) is 22.4 Å². The number of carbonyl (C=O) groups excluding carboxylic acids is 1. The summed E-state index contributed by atoms with van der Waals surface area (Å²) in [6.07, 6.45) is 0. The SMILES string of the molecule is Cc1nn(-c2ccc(Cl)cc2)c2c1[C@@H](c1cc(F)cc(F)c1)SCC(=O)N2. The number of aromatic nitrogens is 2. The van der Waals surface area contributed by atoms with Gasteiger partial charge in [-0.25, -0.2) is 13.5 Å². The molecule has 2 aromatic carbocycles. The Balaban J connectivity index is 1.90. The first-order valence-electron chi connectivity index (χ1n) is 8.15. The van der Waals surface area contributed by atoms with Crippen LogP contribution < -0.4 is 5.32 Å². The summed E-state index contributed by atoms with van der Waals surface area (Å²) in [5.41, 5.74) is 2.57. The van der Waals surface area contributed by atoms with Gasteiger partial charge in [0.2, 0.25) is 5.91 Å². The number of anilines is 1. The molecule has 27 heavy (non-hydrogen) atoms. The van der Waals surface area contributed by atoms with Gasteiger partial charge in [0, 0.05) is 16.7 Å². The molecule has 0 bridgehead atoms.